The molecule has 2 aromatic rings. The average molecular weight is 344 g/mol. The van der Waals surface area contributed by atoms with E-state index in [1.165, 1.54) is 6.07 Å². The van der Waals surface area contributed by atoms with Crippen LogP contribution in [-0.2, 0) is 0 Å². The van der Waals surface area contributed by atoms with Gasteiger partial charge >= 0.3 is 0 Å². The number of halogens is 3. The smallest absolute Gasteiger partial charge is 0.259 e. The van der Waals surface area contributed by atoms with E-state index in [2.05, 4.69) is 21.2 Å². The van der Waals surface area contributed by atoms with Gasteiger partial charge in [-0.15, -0.1) is 0 Å². The van der Waals surface area contributed by atoms with E-state index in [4.69, 9.17) is 0 Å². The summed E-state index contributed by atoms with van der Waals surface area (Å²) in [4.78, 5) is 11.9. The Balaban J connectivity index is 2.32. The SMILES string of the molecule is O=C(Nc1cc(F)c(Br)cc1F)c1cc(O)ccc1O. The Morgan fingerprint density at radius 1 is 1.10 bits per heavy atom. The van der Waals surface area contributed by atoms with Crippen LogP contribution >= 0.6 is 15.9 Å². The highest BCUT2D eigenvalue weighted by Crippen LogP contribution is 2.26. The molecule has 2 aromatic carbocycles. The Morgan fingerprint density at radius 3 is 2.50 bits per heavy atom. The Bertz CT molecular complexity index is 692. The van der Waals surface area contributed by atoms with Crippen molar-refractivity contribution in [1.29, 1.82) is 0 Å². The summed E-state index contributed by atoms with van der Waals surface area (Å²) in [5.41, 5.74) is -0.633. The molecule has 0 fully saturated rings. The van der Waals surface area contributed by atoms with Crippen molar-refractivity contribution < 1.29 is 23.8 Å². The van der Waals surface area contributed by atoms with Crippen molar-refractivity contribution in [3.05, 3.63) is 52.0 Å². The Morgan fingerprint density at radius 2 is 1.80 bits per heavy atom. The van der Waals surface area contributed by atoms with Crippen LogP contribution in [0.4, 0.5) is 14.5 Å². The van der Waals surface area contributed by atoms with Crippen LogP contribution in [0.3, 0.4) is 0 Å². The molecule has 0 bridgehead atoms. The standard InChI is InChI=1S/C13H8BrF2NO3/c14-8-4-10(16)11(5-9(8)15)17-13(20)7-3-6(18)1-2-12(7)19/h1-5,18-19H,(H,17,20). The van der Waals surface area contributed by atoms with Gasteiger partial charge in [0, 0.05) is 6.07 Å². The van der Waals surface area contributed by atoms with Crippen LogP contribution in [-0.4, -0.2) is 16.1 Å². The van der Waals surface area contributed by atoms with E-state index in [-0.39, 0.29) is 21.5 Å². The molecule has 4 nitrogen and oxygen atoms in total. The summed E-state index contributed by atoms with van der Waals surface area (Å²) in [7, 11) is 0. The quantitative estimate of drug-likeness (QED) is 0.578. The van der Waals surface area contributed by atoms with Crippen molar-refractivity contribution >= 4 is 27.5 Å². The van der Waals surface area contributed by atoms with Crippen LogP contribution in [0.1, 0.15) is 10.4 Å². The number of aromatic hydroxyl groups is 2. The molecule has 7 heteroatoms. The number of benzene rings is 2. The highest BCUT2D eigenvalue weighted by atomic mass is 79.9. The Labute approximate surface area is 120 Å². The van der Waals surface area contributed by atoms with E-state index in [1.54, 1.807) is 0 Å². The molecule has 0 saturated heterocycles. The predicted octanol–water partition coefficient (Wildman–Crippen LogP) is 3.39. The van der Waals surface area contributed by atoms with Gasteiger partial charge in [-0.05, 0) is 40.2 Å². The third-order valence-corrected chi connectivity index (χ3v) is 3.09. The fourth-order valence-electron chi connectivity index (χ4n) is 1.51. The molecular formula is C13H8BrF2NO3. The maximum atomic E-state index is 13.6. The van der Waals surface area contributed by atoms with Gasteiger partial charge in [0.25, 0.3) is 5.91 Å². The lowest BCUT2D eigenvalue weighted by molar-refractivity contribution is 0.102. The fourth-order valence-corrected chi connectivity index (χ4v) is 1.83. The number of phenols is 2. The Hall–Kier alpha value is -2.15. The van der Waals surface area contributed by atoms with Crippen LogP contribution in [0.25, 0.3) is 0 Å². The maximum absolute atomic E-state index is 13.6. The molecule has 0 atom stereocenters. The molecule has 3 N–H and O–H groups in total. The summed E-state index contributed by atoms with van der Waals surface area (Å²) in [6.45, 7) is 0. The first-order chi connectivity index (χ1) is 9.38. The van der Waals surface area contributed by atoms with E-state index in [0.29, 0.717) is 0 Å². The molecule has 0 aromatic heterocycles. The number of rotatable bonds is 2. The van der Waals surface area contributed by atoms with E-state index in [1.807, 2.05) is 0 Å². The van der Waals surface area contributed by atoms with Gasteiger partial charge in [0.2, 0.25) is 0 Å². The zero-order chi connectivity index (χ0) is 14.9. The van der Waals surface area contributed by atoms with Crippen LogP contribution in [0, 0.1) is 11.6 Å². The van der Waals surface area contributed by atoms with E-state index in [0.717, 1.165) is 24.3 Å². The van der Waals surface area contributed by atoms with Gasteiger partial charge in [-0.2, -0.15) is 0 Å². The first kappa shape index (κ1) is 14.3. The monoisotopic (exact) mass is 343 g/mol. The zero-order valence-electron chi connectivity index (χ0n) is 9.82. The number of carbonyl (C=O) groups is 1. The van der Waals surface area contributed by atoms with Crippen molar-refractivity contribution in [2.45, 2.75) is 0 Å². The molecule has 0 radical (unpaired) electrons. The fraction of sp³-hybridized carbons (Fsp3) is 0. The molecule has 104 valence electrons. The van der Waals surface area contributed by atoms with Gasteiger partial charge < -0.3 is 15.5 Å². The second kappa shape index (κ2) is 5.46. The maximum Gasteiger partial charge on any atom is 0.259 e. The molecule has 0 spiro atoms. The van der Waals surface area contributed by atoms with Gasteiger partial charge in [-0.1, -0.05) is 0 Å². The lowest BCUT2D eigenvalue weighted by atomic mass is 10.1. The summed E-state index contributed by atoms with van der Waals surface area (Å²) in [5.74, 6) is -3.10. The van der Waals surface area contributed by atoms with Gasteiger partial charge in [-0.3, -0.25) is 4.79 Å². The number of nitrogens with one attached hydrogen (secondary N) is 1. The minimum absolute atomic E-state index is 0.0757. The third-order valence-electron chi connectivity index (χ3n) is 2.48. The van der Waals surface area contributed by atoms with Crippen molar-refractivity contribution in [2.75, 3.05) is 5.32 Å². The van der Waals surface area contributed by atoms with Crippen molar-refractivity contribution in [3.8, 4) is 11.5 Å². The predicted molar refractivity (Wildman–Crippen MR) is 71.8 cm³/mol. The van der Waals surface area contributed by atoms with Crippen molar-refractivity contribution in [2.24, 2.45) is 0 Å². The molecule has 0 aliphatic heterocycles. The zero-order valence-corrected chi connectivity index (χ0v) is 11.4. The van der Waals surface area contributed by atoms with Gasteiger partial charge in [0.15, 0.2) is 0 Å². The minimum Gasteiger partial charge on any atom is -0.508 e. The minimum atomic E-state index is -0.876. The number of hydrogen-bond acceptors (Lipinski definition) is 3. The molecular weight excluding hydrogens is 336 g/mol. The highest BCUT2D eigenvalue weighted by Gasteiger charge is 2.15. The number of hydrogen-bond donors (Lipinski definition) is 3. The van der Waals surface area contributed by atoms with Crippen LogP contribution in [0.5, 0.6) is 11.5 Å². The van der Waals surface area contributed by atoms with Crippen LogP contribution < -0.4 is 5.32 Å². The highest BCUT2D eigenvalue weighted by molar-refractivity contribution is 9.10. The summed E-state index contributed by atoms with van der Waals surface area (Å²) < 4.78 is 26.8. The average Bonchev–Trinajstić information content (AvgIpc) is 2.38. The number of anilines is 1. The number of carbonyl (C=O) groups excluding carboxylic acids is 1. The summed E-state index contributed by atoms with van der Waals surface area (Å²) >= 11 is 2.81. The summed E-state index contributed by atoms with van der Waals surface area (Å²) in [6.07, 6.45) is 0. The van der Waals surface area contributed by atoms with E-state index < -0.39 is 23.3 Å². The van der Waals surface area contributed by atoms with Crippen molar-refractivity contribution in [1.82, 2.24) is 0 Å². The first-order valence-corrected chi connectivity index (χ1v) is 6.15. The van der Waals surface area contributed by atoms with E-state index in [9.17, 15) is 23.8 Å². The molecule has 1 amide bonds. The van der Waals surface area contributed by atoms with Gasteiger partial charge in [-0.25, -0.2) is 8.78 Å². The van der Waals surface area contributed by atoms with Gasteiger partial charge in [0.05, 0.1) is 15.7 Å². The van der Waals surface area contributed by atoms with Crippen LogP contribution in [0.2, 0.25) is 0 Å². The van der Waals surface area contributed by atoms with Crippen LogP contribution in [0.15, 0.2) is 34.8 Å². The topological polar surface area (TPSA) is 69.6 Å². The molecule has 20 heavy (non-hydrogen) atoms. The molecule has 2 rings (SSSR count). The molecule has 0 aliphatic carbocycles. The second-order valence-electron chi connectivity index (χ2n) is 3.90. The van der Waals surface area contributed by atoms with Gasteiger partial charge in [0.1, 0.15) is 23.1 Å². The summed E-state index contributed by atoms with van der Waals surface area (Å²) in [6, 6.07) is 4.98. The lowest BCUT2D eigenvalue weighted by Gasteiger charge is -2.09. The van der Waals surface area contributed by atoms with E-state index >= 15 is 0 Å². The Kier molecular flexibility index (Phi) is 3.89. The molecule has 0 aliphatic rings. The normalized spacial score (nSPS) is 10.3. The second-order valence-corrected chi connectivity index (χ2v) is 4.76. The number of amides is 1. The number of phenolic OH excluding ortho intramolecular Hbond substituents is 2. The largest absolute Gasteiger partial charge is 0.508 e. The molecule has 0 heterocycles. The summed E-state index contributed by atoms with van der Waals surface area (Å²) in [5, 5.41) is 20.9. The molecule has 0 saturated carbocycles. The third kappa shape index (κ3) is 2.88. The molecule has 0 unspecified atom stereocenters. The van der Waals surface area contributed by atoms with Crippen molar-refractivity contribution in [3.63, 3.8) is 0 Å². The lowest BCUT2D eigenvalue weighted by Crippen LogP contribution is -2.13. The first-order valence-electron chi connectivity index (χ1n) is 5.36.